The Balaban J connectivity index is 1.60. The van der Waals surface area contributed by atoms with Gasteiger partial charge in [0.2, 0.25) is 47.3 Å². The number of nitrogens with two attached hydrogens (primary N) is 6. The fourth-order valence-electron chi connectivity index (χ4n) is 7.58. The number of nitrogens with zero attached hydrogens (tertiary/aromatic N) is 4. The quantitative estimate of drug-likeness (QED) is 0.0206. The van der Waals surface area contributed by atoms with Crippen molar-refractivity contribution >= 4 is 59.2 Å². The maximum atomic E-state index is 14.6. The van der Waals surface area contributed by atoms with Crippen LogP contribution in [0.1, 0.15) is 61.8 Å². The molecular weight excluding hydrogens is 891 g/mol. The lowest BCUT2D eigenvalue weighted by Crippen LogP contribution is -2.60. The number of rotatable bonds is 27. The molecule has 17 N–H and O–H groups in total. The topological polar surface area (TPSA) is 394 Å². The first-order valence-electron chi connectivity index (χ1n) is 22.5. The predicted octanol–water partition coefficient (Wildman–Crippen LogP) is -3.01. The number of aliphatic imine (C=N–C) groups is 2. The third-order valence-electron chi connectivity index (χ3n) is 11.0. The summed E-state index contributed by atoms with van der Waals surface area (Å²) < 4.78 is 0. The Kier molecular flexibility index (Phi) is 21.3. The van der Waals surface area contributed by atoms with E-state index in [4.69, 9.17) is 34.4 Å². The maximum Gasteiger partial charge on any atom is 0.245 e. The number of carbonyl (C=O) groups excluding carboxylic acids is 8. The molecule has 1 aromatic heterocycles. The molecule has 0 spiro atoms. The van der Waals surface area contributed by atoms with Crippen molar-refractivity contribution < 1.29 is 38.4 Å². The Morgan fingerprint density at radius 2 is 1.12 bits per heavy atom. The Labute approximate surface area is 399 Å². The highest BCUT2D eigenvalue weighted by molar-refractivity contribution is 5.98. The molecule has 0 saturated carbocycles. The highest BCUT2D eigenvalue weighted by Gasteiger charge is 2.40. The average molecular weight is 954 g/mol. The maximum absolute atomic E-state index is 14.6. The molecule has 0 radical (unpaired) electrons. The van der Waals surface area contributed by atoms with Gasteiger partial charge < -0.3 is 65.9 Å². The molecule has 2 heterocycles. The monoisotopic (exact) mass is 953 g/mol. The van der Waals surface area contributed by atoms with Crippen molar-refractivity contribution in [1.29, 1.82) is 0 Å². The van der Waals surface area contributed by atoms with E-state index in [0.717, 1.165) is 5.56 Å². The number of hydrogen-bond acceptors (Lipinski definition) is 11. The van der Waals surface area contributed by atoms with Crippen LogP contribution in [0.2, 0.25) is 0 Å². The highest BCUT2D eigenvalue weighted by atomic mass is 16.2. The third-order valence-corrected chi connectivity index (χ3v) is 11.0. The molecule has 6 atom stereocenters. The van der Waals surface area contributed by atoms with Crippen LogP contribution in [0.15, 0.2) is 95.0 Å². The standard InChI is InChI=1S/C46H63N15O8/c47-37(62)27-33(39(48)64)59-40(65)31(17-9-21-54-45(49)50)57-43(68)36-19-11-23-61(36)44(69)32(18-10-22-55-46(51)52)58-42(67)35(25-29-14-5-2-6-15-29)60-41(66)34(24-28-12-3-1-4-13-28)56-38(63)26-30-16-7-8-20-53-30/h1-8,12-16,20,31-36H,9-11,17-19,21-27H2,(H2,47,62)(H2,48,64)(H,56,63)(H,57,68)(H,58,67)(H,59,65)(H,60,66)(H4,49,50,54)(H4,51,52,55)/t31-,32-,33-,34-,35-,36-/m0/s1. The van der Waals surface area contributed by atoms with Crippen LogP contribution in [-0.4, -0.2) is 125 Å². The van der Waals surface area contributed by atoms with E-state index in [1.54, 1.807) is 79.0 Å². The Bertz CT molecular complexity index is 2280. The zero-order valence-corrected chi connectivity index (χ0v) is 38.3. The molecule has 1 saturated heterocycles. The van der Waals surface area contributed by atoms with E-state index < -0.39 is 89.9 Å². The molecule has 1 aliphatic rings. The Morgan fingerprint density at radius 1 is 0.609 bits per heavy atom. The van der Waals surface area contributed by atoms with Crippen molar-refractivity contribution in [3.63, 3.8) is 0 Å². The van der Waals surface area contributed by atoms with Gasteiger partial charge in [-0.1, -0.05) is 66.7 Å². The number of hydrogen-bond donors (Lipinski definition) is 11. The molecular formula is C46H63N15O8. The Morgan fingerprint density at radius 3 is 1.64 bits per heavy atom. The summed E-state index contributed by atoms with van der Waals surface area (Å²) in [5, 5.41) is 13.5. The van der Waals surface area contributed by atoms with Gasteiger partial charge in [-0.05, 0) is 61.8 Å². The minimum atomic E-state index is -1.47. The molecule has 0 aliphatic carbocycles. The van der Waals surface area contributed by atoms with Crippen molar-refractivity contribution in [2.75, 3.05) is 19.6 Å². The average Bonchev–Trinajstić information content (AvgIpc) is 3.81. The van der Waals surface area contributed by atoms with Gasteiger partial charge in [0.1, 0.15) is 36.3 Å². The van der Waals surface area contributed by atoms with E-state index >= 15 is 0 Å². The fraction of sp³-hybridized carbons (Fsp3) is 0.413. The number of carbonyl (C=O) groups is 8. The number of pyridine rings is 1. The molecule has 23 heteroatoms. The second-order valence-corrected chi connectivity index (χ2v) is 16.4. The van der Waals surface area contributed by atoms with Crippen LogP contribution >= 0.6 is 0 Å². The van der Waals surface area contributed by atoms with Crippen LogP contribution in [0, 0.1) is 0 Å². The minimum absolute atomic E-state index is 0.00258. The number of guanidine groups is 2. The van der Waals surface area contributed by atoms with Crippen LogP contribution in [0.25, 0.3) is 0 Å². The molecule has 23 nitrogen and oxygen atoms in total. The van der Waals surface area contributed by atoms with E-state index in [-0.39, 0.29) is 82.9 Å². The molecule has 0 unspecified atom stereocenters. The smallest absolute Gasteiger partial charge is 0.245 e. The summed E-state index contributed by atoms with van der Waals surface area (Å²) in [7, 11) is 0. The number of benzene rings is 2. The van der Waals surface area contributed by atoms with Crippen LogP contribution < -0.4 is 61.0 Å². The van der Waals surface area contributed by atoms with Crippen molar-refractivity contribution in [3.8, 4) is 0 Å². The van der Waals surface area contributed by atoms with Crippen LogP contribution in [0.5, 0.6) is 0 Å². The van der Waals surface area contributed by atoms with Crippen LogP contribution in [0.4, 0.5) is 0 Å². The molecule has 69 heavy (non-hydrogen) atoms. The molecule has 370 valence electrons. The largest absolute Gasteiger partial charge is 0.370 e. The lowest BCUT2D eigenvalue weighted by atomic mass is 10.0. The minimum Gasteiger partial charge on any atom is -0.370 e. The van der Waals surface area contributed by atoms with Gasteiger partial charge in [-0.3, -0.25) is 53.3 Å². The molecule has 3 aromatic rings. The van der Waals surface area contributed by atoms with Gasteiger partial charge in [0.05, 0.1) is 12.8 Å². The van der Waals surface area contributed by atoms with Gasteiger partial charge in [0, 0.05) is 44.4 Å². The fourth-order valence-corrected chi connectivity index (χ4v) is 7.58. The molecule has 2 aromatic carbocycles. The molecule has 1 aliphatic heterocycles. The van der Waals surface area contributed by atoms with Gasteiger partial charge >= 0.3 is 0 Å². The summed E-state index contributed by atoms with van der Waals surface area (Å²) in [6.07, 6.45) is 1.86. The number of primary amides is 2. The van der Waals surface area contributed by atoms with Gasteiger partial charge in [-0.15, -0.1) is 0 Å². The number of aromatic nitrogens is 1. The van der Waals surface area contributed by atoms with Gasteiger partial charge in [-0.25, -0.2) is 0 Å². The van der Waals surface area contributed by atoms with E-state index in [0.29, 0.717) is 17.7 Å². The summed E-state index contributed by atoms with van der Waals surface area (Å²) in [5.41, 5.74) is 34.6. The first kappa shape index (κ1) is 53.5. The van der Waals surface area contributed by atoms with E-state index in [1.165, 1.54) is 4.90 Å². The van der Waals surface area contributed by atoms with Gasteiger partial charge in [-0.2, -0.15) is 0 Å². The number of likely N-dealkylation sites (tertiary alicyclic amines) is 1. The lowest BCUT2D eigenvalue weighted by molar-refractivity contribution is -0.142. The zero-order chi connectivity index (χ0) is 50.3. The lowest BCUT2D eigenvalue weighted by Gasteiger charge is -2.31. The first-order chi connectivity index (χ1) is 33.0. The summed E-state index contributed by atoms with van der Waals surface area (Å²) in [6, 6.07) is 15.5. The van der Waals surface area contributed by atoms with Crippen LogP contribution in [0.3, 0.4) is 0 Å². The van der Waals surface area contributed by atoms with E-state index in [2.05, 4.69) is 41.6 Å². The first-order valence-corrected chi connectivity index (χ1v) is 22.5. The Hall–Kier alpha value is -8.11. The normalized spacial score (nSPS) is 15.1. The SMILES string of the molecule is NC(=O)C[C@H](NC(=O)[C@H](CCCN=C(N)N)NC(=O)[C@@H]1CCCN1C(=O)[C@H](CCCN=C(N)N)NC(=O)[C@H](Cc1ccccc1)NC(=O)[C@H](Cc1ccccc1)NC(=O)Cc1ccccn1)C(N)=O. The second kappa shape index (κ2) is 27.5. The summed E-state index contributed by atoms with van der Waals surface area (Å²) >= 11 is 0. The van der Waals surface area contributed by atoms with Crippen molar-refractivity contribution in [3.05, 3.63) is 102 Å². The summed E-state index contributed by atoms with van der Waals surface area (Å²) in [4.78, 5) is 121. The predicted molar refractivity (Wildman–Crippen MR) is 255 cm³/mol. The third kappa shape index (κ3) is 18.6. The summed E-state index contributed by atoms with van der Waals surface area (Å²) in [5.74, 6) is -6.40. The molecule has 1 fully saturated rings. The molecule has 8 amide bonds. The number of nitrogens with one attached hydrogen (secondary N) is 5. The summed E-state index contributed by atoms with van der Waals surface area (Å²) in [6.45, 7) is 0.274. The van der Waals surface area contributed by atoms with Gasteiger partial charge in [0.15, 0.2) is 11.9 Å². The van der Waals surface area contributed by atoms with E-state index in [1.807, 2.05) is 6.07 Å². The van der Waals surface area contributed by atoms with Crippen LogP contribution in [-0.2, 0) is 57.6 Å². The van der Waals surface area contributed by atoms with Crippen molar-refractivity contribution in [2.45, 2.75) is 100 Å². The van der Waals surface area contributed by atoms with Crippen molar-refractivity contribution in [1.82, 2.24) is 36.5 Å². The van der Waals surface area contributed by atoms with Gasteiger partial charge in [0.25, 0.3) is 0 Å². The highest BCUT2D eigenvalue weighted by Crippen LogP contribution is 2.21. The van der Waals surface area contributed by atoms with Crippen molar-refractivity contribution in [2.24, 2.45) is 44.4 Å². The number of amides is 8. The second-order valence-electron chi connectivity index (χ2n) is 16.4. The van der Waals surface area contributed by atoms with E-state index in [9.17, 15) is 38.4 Å². The molecule has 4 rings (SSSR count). The molecule has 0 bridgehead atoms. The zero-order valence-electron chi connectivity index (χ0n) is 38.3.